The van der Waals surface area contributed by atoms with E-state index in [0.717, 1.165) is 50.8 Å². The van der Waals surface area contributed by atoms with E-state index in [1.54, 1.807) is 0 Å². The fourth-order valence-electron chi connectivity index (χ4n) is 4.04. The topological polar surface area (TPSA) is 57.5 Å². The summed E-state index contributed by atoms with van der Waals surface area (Å²) >= 11 is 0. The molecule has 0 saturated carbocycles. The van der Waals surface area contributed by atoms with Gasteiger partial charge in [0.2, 0.25) is 0 Å². The molecule has 0 amide bonds. The van der Waals surface area contributed by atoms with Crippen molar-refractivity contribution >= 4 is 11.6 Å². The van der Waals surface area contributed by atoms with Gasteiger partial charge in [-0.15, -0.1) is 0 Å². The summed E-state index contributed by atoms with van der Waals surface area (Å²) in [6, 6.07) is 19.7. The molecular formula is C25H32N6. The molecular weight excluding hydrogens is 384 g/mol. The SMILES string of the molecule is CN=C(NCCc1nccn1Cc1ccccc1)NC1CCN(c2ccc(C)cc2)C1. The summed E-state index contributed by atoms with van der Waals surface area (Å²) in [5, 5.41) is 7.04. The van der Waals surface area contributed by atoms with Crippen molar-refractivity contribution in [2.75, 3.05) is 31.6 Å². The summed E-state index contributed by atoms with van der Waals surface area (Å²) in [5.74, 6) is 1.94. The summed E-state index contributed by atoms with van der Waals surface area (Å²) in [4.78, 5) is 11.4. The molecule has 2 aromatic carbocycles. The van der Waals surface area contributed by atoms with E-state index in [1.807, 2.05) is 25.5 Å². The van der Waals surface area contributed by atoms with E-state index < -0.39 is 0 Å². The predicted octanol–water partition coefficient (Wildman–Crippen LogP) is 3.23. The molecule has 6 heteroatoms. The second-order valence-electron chi connectivity index (χ2n) is 8.12. The van der Waals surface area contributed by atoms with E-state index in [-0.39, 0.29) is 0 Å². The second kappa shape index (κ2) is 10.2. The summed E-state index contributed by atoms with van der Waals surface area (Å²) in [7, 11) is 1.83. The Bertz CT molecular complexity index is 977. The Kier molecular flexibility index (Phi) is 6.87. The van der Waals surface area contributed by atoms with E-state index in [1.165, 1.54) is 16.8 Å². The van der Waals surface area contributed by atoms with Crippen molar-refractivity contribution in [3.8, 4) is 0 Å². The number of hydrogen-bond acceptors (Lipinski definition) is 3. The lowest BCUT2D eigenvalue weighted by Gasteiger charge is -2.20. The largest absolute Gasteiger partial charge is 0.369 e. The van der Waals surface area contributed by atoms with Crippen molar-refractivity contribution < 1.29 is 0 Å². The van der Waals surface area contributed by atoms with Crippen molar-refractivity contribution in [2.24, 2.45) is 4.99 Å². The van der Waals surface area contributed by atoms with E-state index in [9.17, 15) is 0 Å². The van der Waals surface area contributed by atoms with Gasteiger partial charge in [0.05, 0.1) is 0 Å². The van der Waals surface area contributed by atoms with Crippen molar-refractivity contribution in [1.82, 2.24) is 20.2 Å². The van der Waals surface area contributed by atoms with Gasteiger partial charge in [-0.1, -0.05) is 48.0 Å². The standard InChI is InChI=1S/C25H32N6/c1-20-8-10-23(11-9-20)30-16-13-22(19-30)29-25(26-2)28-14-12-24-27-15-17-31(24)18-21-6-4-3-5-7-21/h3-11,15,17,22H,12-14,16,18-19H2,1-2H3,(H2,26,28,29). The third-order valence-electron chi connectivity index (χ3n) is 5.79. The molecule has 0 bridgehead atoms. The van der Waals surface area contributed by atoms with E-state index in [2.05, 4.69) is 85.5 Å². The maximum atomic E-state index is 4.54. The van der Waals surface area contributed by atoms with Gasteiger partial charge in [0.1, 0.15) is 5.82 Å². The minimum atomic E-state index is 0.396. The van der Waals surface area contributed by atoms with Gasteiger partial charge >= 0.3 is 0 Å². The third kappa shape index (κ3) is 5.66. The minimum absolute atomic E-state index is 0.396. The molecule has 1 unspecified atom stereocenters. The normalized spacial score (nSPS) is 16.5. The van der Waals surface area contributed by atoms with Gasteiger partial charge in [-0.3, -0.25) is 4.99 Å². The third-order valence-corrected chi connectivity index (χ3v) is 5.79. The zero-order chi connectivity index (χ0) is 21.5. The number of nitrogens with zero attached hydrogens (tertiary/aromatic N) is 4. The zero-order valence-corrected chi connectivity index (χ0v) is 18.5. The molecule has 162 valence electrons. The Morgan fingerprint density at radius 2 is 1.94 bits per heavy atom. The number of aryl methyl sites for hydroxylation is 1. The number of aromatic nitrogens is 2. The second-order valence-corrected chi connectivity index (χ2v) is 8.12. The van der Waals surface area contributed by atoms with Gasteiger partial charge in [0, 0.05) is 63.8 Å². The Morgan fingerprint density at radius 1 is 1.13 bits per heavy atom. The quantitative estimate of drug-likeness (QED) is 0.459. The van der Waals surface area contributed by atoms with Crippen LogP contribution in [0.5, 0.6) is 0 Å². The first-order chi connectivity index (χ1) is 15.2. The molecule has 4 rings (SSSR count). The maximum absolute atomic E-state index is 4.54. The first-order valence-electron chi connectivity index (χ1n) is 11.0. The molecule has 0 radical (unpaired) electrons. The molecule has 1 aliphatic heterocycles. The van der Waals surface area contributed by atoms with Crippen LogP contribution < -0.4 is 15.5 Å². The predicted molar refractivity (Wildman–Crippen MR) is 128 cm³/mol. The van der Waals surface area contributed by atoms with Crippen LogP contribution in [-0.4, -0.2) is 48.2 Å². The number of aliphatic imine (C=N–C) groups is 1. The van der Waals surface area contributed by atoms with Gasteiger partial charge in [-0.2, -0.15) is 0 Å². The molecule has 6 nitrogen and oxygen atoms in total. The fraction of sp³-hybridized carbons (Fsp3) is 0.360. The Labute approximate surface area is 185 Å². The Balaban J connectivity index is 1.25. The van der Waals surface area contributed by atoms with Crippen molar-refractivity contribution in [3.63, 3.8) is 0 Å². The van der Waals surface area contributed by atoms with Gasteiger partial charge in [-0.25, -0.2) is 4.98 Å². The Hall–Kier alpha value is -3.28. The van der Waals surface area contributed by atoms with Gasteiger partial charge in [0.25, 0.3) is 0 Å². The highest BCUT2D eigenvalue weighted by Crippen LogP contribution is 2.20. The number of nitrogens with one attached hydrogen (secondary N) is 2. The summed E-state index contributed by atoms with van der Waals surface area (Å²) < 4.78 is 2.21. The number of anilines is 1. The Morgan fingerprint density at radius 3 is 2.71 bits per heavy atom. The maximum Gasteiger partial charge on any atom is 0.191 e. The molecule has 1 saturated heterocycles. The summed E-state index contributed by atoms with van der Waals surface area (Å²) in [5.41, 5.74) is 3.88. The van der Waals surface area contributed by atoms with Crippen LogP contribution in [0.1, 0.15) is 23.4 Å². The highest BCUT2D eigenvalue weighted by atomic mass is 15.2. The van der Waals surface area contributed by atoms with Gasteiger partial charge in [-0.05, 0) is 31.0 Å². The number of benzene rings is 2. The van der Waals surface area contributed by atoms with Crippen LogP contribution >= 0.6 is 0 Å². The number of guanidine groups is 1. The number of hydrogen-bond donors (Lipinski definition) is 2. The van der Waals surface area contributed by atoms with Crippen LogP contribution in [0.25, 0.3) is 0 Å². The number of imidazole rings is 1. The lowest BCUT2D eigenvalue weighted by molar-refractivity contribution is 0.641. The highest BCUT2D eigenvalue weighted by molar-refractivity contribution is 5.80. The van der Waals surface area contributed by atoms with Crippen LogP contribution in [-0.2, 0) is 13.0 Å². The first-order valence-corrected chi connectivity index (χ1v) is 11.0. The monoisotopic (exact) mass is 416 g/mol. The highest BCUT2D eigenvalue weighted by Gasteiger charge is 2.23. The van der Waals surface area contributed by atoms with E-state index in [4.69, 9.17) is 0 Å². The van der Waals surface area contributed by atoms with E-state index >= 15 is 0 Å². The molecule has 2 N–H and O–H groups in total. The van der Waals surface area contributed by atoms with Crippen LogP contribution in [0.2, 0.25) is 0 Å². The van der Waals surface area contributed by atoms with Crippen LogP contribution in [0.4, 0.5) is 5.69 Å². The number of rotatable bonds is 7. The van der Waals surface area contributed by atoms with Gasteiger partial charge < -0.3 is 20.1 Å². The summed E-state index contributed by atoms with van der Waals surface area (Å²) in [6.07, 6.45) is 5.88. The van der Waals surface area contributed by atoms with Crippen LogP contribution in [0, 0.1) is 6.92 Å². The average molecular weight is 417 g/mol. The van der Waals surface area contributed by atoms with Crippen LogP contribution in [0.3, 0.4) is 0 Å². The average Bonchev–Trinajstić information content (AvgIpc) is 3.44. The molecule has 31 heavy (non-hydrogen) atoms. The molecule has 1 aliphatic rings. The van der Waals surface area contributed by atoms with E-state index in [0.29, 0.717) is 6.04 Å². The van der Waals surface area contributed by atoms with Gasteiger partial charge in [0.15, 0.2) is 5.96 Å². The smallest absolute Gasteiger partial charge is 0.191 e. The zero-order valence-electron chi connectivity index (χ0n) is 18.5. The van der Waals surface area contributed by atoms with Crippen molar-refractivity contribution in [2.45, 2.75) is 32.4 Å². The fourth-order valence-corrected chi connectivity index (χ4v) is 4.04. The molecule has 0 aliphatic carbocycles. The lowest BCUT2D eigenvalue weighted by Crippen LogP contribution is -2.45. The minimum Gasteiger partial charge on any atom is -0.369 e. The van der Waals surface area contributed by atoms with Crippen molar-refractivity contribution in [3.05, 3.63) is 83.9 Å². The first kappa shape index (κ1) is 21.0. The molecule has 1 aromatic heterocycles. The molecule has 3 aromatic rings. The molecule has 1 fully saturated rings. The summed E-state index contributed by atoms with van der Waals surface area (Å²) in [6.45, 7) is 5.82. The molecule has 0 spiro atoms. The lowest BCUT2D eigenvalue weighted by atomic mass is 10.2. The molecule has 1 atom stereocenters. The van der Waals surface area contributed by atoms with Crippen LogP contribution in [0.15, 0.2) is 72.0 Å². The van der Waals surface area contributed by atoms with Crippen molar-refractivity contribution in [1.29, 1.82) is 0 Å². The molecule has 2 heterocycles.